The number of rotatable bonds is 3. The molecular weight excluding hydrogens is 290 g/mol. The fraction of sp³-hybridized carbons (Fsp3) is 0.0556. The fourth-order valence-electron chi connectivity index (χ4n) is 2.29. The summed E-state index contributed by atoms with van der Waals surface area (Å²) >= 11 is 0. The Bertz CT molecular complexity index is 901. The Morgan fingerprint density at radius 2 is 1.70 bits per heavy atom. The molecule has 2 aromatic carbocycles. The van der Waals surface area contributed by atoms with Gasteiger partial charge in [-0.3, -0.25) is 0 Å². The molecule has 0 bridgehead atoms. The lowest BCUT2D eigenvalue weighted by Gasteiger charge is -1.99. The van der Waals surface area contributed by atoms with E-state index < -0.39 is 5.97 Å². The number of nitrogens with zero attached hydrogens (tertiary/aromatic N) is 2. The molecular formula is C18H13N3O2. The summed E-state index contributed by atoms with van der Waals surface area (Å²) in [6, 6.07) is 16.4. The third-order valence-corrected chi connectivity index (χ3v) is 3.53. The summed E-state index contributed by atoms with van der Waals surface area (Å²) < 4.78 is 0. The maximum Gasteiger partial charge on any atom is 0.354 e. The monoisotopic (exact) mass is 303 g/mol. The number of aromatic carboxylic acids is 1. The molecule has 0 aliphatic rings. The van der Waals surface area contributed by atoms with Crippen molar-refractivity contribution in [3.05, 3.63) is 65.4 Å². The number of nitriles is 1. The Morgan fingerprint density at radius 1 is 1.09 bits per heavy atom. The molecule has 3 aromatic rings. The van der Waals surface area contributed by atoms with Gasteiger partial charge in [0.2, 0.25) is 0 Å². The molecule has 0 saturated heterocycles. The average Bonchev–Trinajstić information content (AvgIpc) is 3.01. The maximum atomic E-state index is 11.5. The van der Waals surface area contributed by atoms with Crippen molar-refractivity contribution in [2.24, 2.45) is 0 Å². The molecule has 0 atom stereocenters. The molecule has 5 nitrogen and oxygen atoms in total. The van der Waals surface area contributed by atoms with Crippen LogP contribution in [0.5, 0.6) is 0 Å². The molecule has 0 fully saturated rings. The summed E-state index contributed by atoms with van der Waals surface area (Å²) in [4.78, 5) is 18.8. The minimum absolute atomic E-state index is 0.0493. The molecule has 0 unspecified atom stereocenters. The molecule has 5 heteroatoms. The summed E-state index contributed by atoms with van der Waals surface area (Å²) in [5, 5.41) is 18.2. The van der Waals surface area contributed by atoms with E-state index >= 15 is 0 Å². The second-order valence-corrected chi connectivity index (χ2v) is 5.17. The van der Waals surface area contributed by atoms with E-state index in [-0.39, 0.29) is 5.69 Å². The normalized spacial score (nSPS) is 10.3. The minimum atomic E-state index is -1.06. The van der Waals surface area contributed by atoms with Crippen LogP contribution in [0.1, 0.15) is 21.6 Å². The second kappa shape index (κ2) is 5.78. The summed E-state index contributed by atoms with van der Waals surface area (Å²) in [7, 11) is 0. The Kier molecular flexibility index (Phi) is 3.65. The van der Waals surface area contributed by atoms with Crippen molar-refractivity contribution in [3.8, 4) is 28.7 Å². The summed E-state index contributed by atoms with van der Waals surface area (Å²) in [6.07, 6.45) is 0. The van der Waals surface area contributed by atoms with Gasteiger partial charge in [-0.1, -0.05) is 29.8 Å². The Balaban J connectivity index is 2.10. The van der Waals surface area contributed by atoms with Crippen molar-refractivity contribution < 1.29 is 9.90 Å². The van der Waals surface area contributed by atoms with Gasteiger partial charge in [0, 0.05) is 11.1 Å². The van der Waals surface area contributed by atoms with Gasteiger partial charge in [-0.25, -0.2) is 9.78 Å². The number of imidazole rings is 1. The molecule has 1 aromatic heterocycles. The van der Waals surface area contributed by atoms with Crippen molar-refractivity contribution in [2.45, 2.75) is 6.92 Å². The molecule has 0 aliphatic heterocycles. The number of aromatic nitrogens is 2. The van der Waals surface area contributed by atoms with Gasteiger partial charge in [0.1, 0.15) is 11.5 Å². The van der Waals surface area contributed by atoms with Gasteiger partial charge < -0.3 is 10.1 Å². The van der Waals surface area contributed by atoms with Gasteiger partial charge in [0.05, 0.1) is 11.6 Å². The second-order valence-electron chi connectivity index (χ2n) is 5.17. The first-order valence-corrected chi connectivity index (χ1v) is 6.99. The van der Waals surface area contributed by atoms with Gasteiger partial charge >= 0.3 is 5.97 Å². The van der Waals surface area contributed by atoms with Crippen LogP contribution in [0.15, 0.2) is 48.5 Å². The minimum Gasteiger partial charge on any atom is -0.477 e. The summed E-state index contributed by atoms with van der Waals surface area (Å²) in [5.41, 5.74) is 3.55. The SMILES string of the molecule is Cc1ccc(-c2nc(-c3ccc(C#N)cc3)[nH]c2C(=O)O)cc1. The first kappa shape index (κ1) is 14.5. The van der Waals surface area contributed by atoms with Crippen LogP contribution >= 0.6 is 0 Å². The number of aromatic amines is 1. The zero-order valence-electron chi connectivity index (χ0n) is 12.4. The maximum absolute atomic E-state index is 11.5. The van der Waals surface area contributed by atoms with E-state index in [0.29, 0.717) is 17.1 Å². The molecule has 3 rings (SSSR count). The number of benzene rings is 2. The number of nitrogens with one attached hydrogen (secondary N) is 1. The first-order valence-electron chi connectivity index (χ1n) is 6.99. The number of carboxylic acids is 1. The number of carbonyl (C=O) groups is 1. The van der Waals surface area contributed by atoms with Gasteiger partial charge in [0.25, 0.3) is 0 Å². The van der Waals surface area contributed by atoms with Gasteiger partial charge in [-0.05, 0) is 31.2 Å². The van der Waals surface area contributed by atoms with E-state index in [2.05, 4.69) is 9.97 Å². The number of hydrogen-bond acceptors (Lipinski definition) is 3. The smallest absolute Gasteiger partial charge is 0.354 e. The molecule has 1 heterocycles. The number of carboxylic acid groups (broad SMARTS) is 1. The molecule has 2 N–H and O–H groups in total. The highest BCUT2D eigenvalue weighted by Gasteiger charge is 2.18. The fourth-order valence-corrected chi connectivity index (χ4v) is 2.29. The van der Waals surface area contributed by atoms with Crippen LogP contribution in [0.3, 0.4) is 0 Å². The van der Waals surface area contributed by atoms with Crippen LogP contribution < -0.4 is 0 Å². The standard InChI is InChI=1S/C18H13N3O2/c1-11-2-6-13(7-3-11)15-16(18(22)23)21-17(20-15)14-8-4-12(10-19)5-9-14/h2-9H,1H3,(H,20,21)(H,22,23). The van der Waals surface area contributed by atoms with E-state index in [9.17, 15) is 9.90 Å². The average molecular weight is 303 g/mol. The lowest BCUT2D eigenvalue weighted by atomic mass is 10.1. The zero-order valence-corrected chi connectivity index (χ0v) is 12.4. The molecule has 23 heavy (non-hydrogen) atoms. The Morgan fingerprint density at radius 3 is 2.26 bits per heavy atom. The number of aryl methyl sites for hydroxylation is 1. The molecule has 0 saturated carbocycles. The summed E-state index contributed by atoms with van der Waals surface area (Å²) in [6.45, 7) is 1.97. The van der Waals surface area contributed by atoms with E-state index in [1.165, 1.54) is 0 Å². The summed E-state index contributed by atoms with van der Waals surface area (Å²) in [5.74, 6) is -0.601. The van der Waals surface area contributed by atoms with Crippen LogP contribution in [0.2, 0.25) is 0 Å². The number of hydrogen-bond donors (Lipinski definition) is 2. The highest BCUT2D eigenvalue weighted by atomic mass is 16.4. The van der Waals surface area contributed by atoms with Crippen molar-refractivity contribution in [1.29, 1.82) is 5.26 Å². The molecule has 112 valence electrons. The van der Waals surface area contributed by atoms with E-state index in [0.717, 1.165) is 16.7 Å². The Hall–Kier alpha value is -3.39. The molecule has 0 aliphatic carbocycles. The van der Waals surface area contributed by atoms with Crippen LogP contribution in [-0.4, -0.2) is 21.0 Å². The predicted octanol–water partition coefficient (Wildman–Crippen LogP) is 3.62. The van der Waals surface area contributed by atoms with E-state index in [1.54, 1.807) is 24.3 Å². The van der Waals surface area contributed by atoms with Gasteiger partial charge in [0.15, 0.2) is 5.69 Å². The van der Waals surface area contributed by atoms with Crippen molar-refractivity contribution in [3.63, 3.8) is 0 Å². The third-order valence-electron chi connectivity index (χ3n) is 3.53. The Labute approximate surface area is 132 Å². The van der Waals surface area contributed by atoms with Crippen molar-refractivity contribution >= 4 is 5.97 Å². The van der Waals surface area contributed by atoms with Crippen molar-refractivity contribution in [2.75, 3.05) is 0 Å². The zero-order chi connectivity index (χ0) is 16.4. The number of H-pyrrole nitrogens is 1. The van der Waals surface area contributed by atoms with Crippen LogP contribution in [0.25, 0.3) is 22.6 Å². The van der Waals surface area contributed by atoms with Crippen LogP contribution in [0, 0.1) is 18.3 Å². The molecule has 0 amide bonds. The van der Waals surface area contributed by atoms with Crippen molar-refractivity contribution in [1.82, 2.24) is 9.97 Å². The highest BCUT2D eigenvalue weighted by molar-refractivity contribution is 5.94. The topological polar surface area (TPSA) is 89.8 Å². The highest BCUT2D eigenvalue weighted by Crippen LogP contribution is 2.26. The molecule has 0 radical (unpaired) electrons. The predicted molar refractivity (Wildman–Crippen MR) is 85.9 cm³/mol. The molecule has 0 spiro atoms. The van der Waals surface area contributed by atoms with Gasteiger partial charge in [-0.2, -0.15) is 5.26 Å². The van der Waals surface area contributed by atoms with Crippen LogP contribution in [0.4, 0.5) is 0 Å². The third kappa shape index (κ3) is 2.83. The largest absolute Gasteiger partial charge is 0.477 e. The lowest BCUT2D eigenvalue weighted by Crippen LogP contribution is -1.99. The first-order chi connectivity index (χ1) is 11.1. The van der Waals surface area contributed by atoms with E-state index in [4.69, 9.17) is 5.26 Å². The van der Waals surface area contributed by atoms with E-state index in [1.807, 2.05) is 37.3 Å². The lowest BCUT2D eigenvalue weighted by molar-refractivity contribution is 0.0692. The quantitative estimate of drug-likeness (QED) is 0.773. The van der Waals surface area contributed by atoms with Gasteiger partial charge in [-0.15, -0.1) is 0 Å². The van der Waals surface area contributed by atoms with Crippen LogP contribution in [-0.2, 0) is 0 Å².